The minimum Gasteiger partial charge on any atom is -0.370 e. The largest absolute Gasteiger partial charge is 0.370 e. The van der Waals surface area contributed by atoms with Gasteiger partial charge >= 0.3 is 0 Å². The van der Waals surface area contributed by atoms with E-state index in [9.17, 15) is 0 Å². The molecule has 2 fully saturated rings. The van der Waals surface area contributed by atoms with Crippen LogP contribution in [0.3, 0.4) is 0 Å². The number of hydrogen-bond acceptors (Lipinski definition) is 4. The molecular formula is C19H26IN5S. The first-order chi connectivity index (χ1) is 12.3. The van der Waals surface area contributed by atoms with Gasteiger partial charge in [0.25, 0.3) is 0 Å². The highest BCUT2D eigenvalue weighted by molar-refractivity contribution is 14.0. The highest BCUT2D eigenvalue weighted by Gasteiger charge is 2.38. The van der Waals surface area contributed by atoms with Crippen LogP contribution in [0.25, 0.3) is 0 Å². The van der Waals surface area contributed by atoms with Crippen LogP contribution in [0.15, 0.2) is 46.9 Å². The second-order valence-electron chi connectivity index (χ2n) is 6.96. The second-order valence-corrected chi connectivity index (χ2v) is 7.84. The van der Waals surface area contributed by atoms with Crippen LogP contribution in [0.5, 0.6) is 0 Å². The topological polar surface area (TPSA) is 57.8 Å². The van der Waals surface area contributed by atoms with Gasteiger partial charge in [0.1, 0.15) is 0 Å². The Balaban J connectivity index is 0.00000196. The monoisotopic (exact) mass is 483 g/mol. The van der Waals surface area contributed by atoms with Crippen molar-refractivity contribution in [2.24, 2.45) is 10.7 Å². The van der Waals surface area contributed by atoms with E-state index in [4.69, 9.17) is 10.7 Å². The maximum Gasteiger partial charge on any atom is 0.191 e. The highest BCUT2D eigenvalue weighted by Crippen LogP contribution is 2.43. The molecule has 1 aliphatic heterocycles. The van der Waals surface area contributed by atoms with Gasteiger partial charge in [-0.05, 0) is 18.4 Å². The third kappa shape index (κ3) is 3.98. The van der Waals surface area contributed by atoms with Crippen LogP contribution in [0.2, 0.25) is 0 Å². The van der Waals surface area contributed by atoms with Crippen LogP contribution in [-0.4, -0.2) is 48.6 Å². The molecule has 0 amide bonds. The van der Waals surface area contributed by atoms with Gasteiger partial charge in [-0.2, -0.15) is 0 Å². The lowest BCUT2D eigenvalue weighted by atomic mass is 9.64. The van der Waals surface area contributed by atoms with Crippen molar-refractivity contribution in [2.45, 2.75) is 24.7 Å². The van der Waals surface area contributed by atoms with E-state index < -0.39 is 0 Å². The molecule has 1 aliphatic carbocycles. The first kappa shape index (κ1) is 19.4. The fourth-order valence-corrected chi connectivity index (χ4v) is 4.46. The summed E-state index contributed by atoms with van der Waals surface area (Å²) >= 11 is 1.70. The van der Waals surface area contributed by atoms with E-state index in [0.717, 1.165) is 37.9 Å². The molecule has 1 saturated heterocycles. The lowest BCUT2D eigenvalue weighted by Gasteiger charge is -2.42. The van der Waals surface area contributed by atoms with Crippen LogP contribution in [-0.2, 0) is 5.41 Å². The molecule has 1 aromatic carbocycles. The van der Waals surface area contributed by atoms with E-state index in [2.05, 4.69) is 45.1 Å². The van der Waals surface area contributed by atoms with E-state index in [1.807, 2.05) is 11.6 Å². The van der Waals surface area contributed by atoms with E-state index in [1.165, 1.54) is 24.8 Å². The summed E-state index contributed by atoms with van der Waals surface area (Å²) in [6.45, 7) is 4.52. The zero-order chi connectivity index (χ0) is 17.1. The highest BCUT2D eigenvalue weighted by atomic mass is 127. The summed E-state index contributed by atoms with van der Waals surface area (Å²) in [5.41, 5.74) is 7.93. The molecule has 5 nitrogen and oxygen atoms in total. The molecule has 140 valence electrons. The standard InChI is InChI=1S/C19H25N5S.HI/c20-17(23-10-12-24(13-11-23)18-21-9-14-25-18)22-15-19(7-4-8-19)16-5-2-1-3-6-16;/h1-3,5-6,9,14H,4,7-8,10-13,15H2,(H2,20,22);1H. The van der Waals surface area contributed by atoms with Gasteiger partial charge in [0.2, 0.25) is 0 Å². The number of guanidine groups is 1. The normalized spacial score (nSPS) is 19.6. The summed E-state index contributed by atoms with van der Waals surface area (Å²) in [6, 6.07) is 10.8. The summed E-state index contributed by atoms with van der Waals surface area (Å²) in [5, 5.41) is 3.13. The molecule has 0 bridgehead atoms. The Bertz CT molecular complexity index is 707. The molecular weight excluding hydrogens is 457 g/mol. The van der Waals surface area contributed by atoms with Crippen molar-refractivity contribution in [1.29, 1.82) is 0 Å². The quantitative estimate of drug-likeness (QED) is 0.412. The lowest BCUT2D eigenvalue weighted by molar-refractivity contribution is 0.252. The fourth-order valence-electron chi connectivity index (χ4n) is 3.76. The maximum absolute atomic E-state index is 6.32. The Morgan fingerprint density at radius 2 is 1.88 bits per heavy atom. The molecule has 2 aliphatic rings. The predicted molar refractivity (Wildman–Crippen MR) is 120 cm³/mol. The van der Waals surface area contributed by atoms with Crippen molar-refractivity contribution in [2.75, 3.05) is 37.6 Å². The Morgan fingerprint density at radius 1 is 1.15 bits per heavy atom. The Labute approximate surface area is 176 Å². The van der Waals surface area contributed by atoms with Crippen LogP contribution in [0.4, 0.5) is 5.13 Å². The molecule has 2 heterocycles. The first-order valence-electron chi connectivity index (χ1n) is 9.02. The summed E-state index contributed by atoms with van der Waals surface area (Å²) < 4.78 is 0. The van der Waals surface area contributed by atoms with Gasteiger partial charge in [-0.1, -0.05) is 36.8 Å². The lowest BCUT2D eigenvalue weighted by Crippen LogP contribution is -2.51. The summed E-state index contributed by atoms with van der Waals surface area (Å²) in [6.07, 6.45) is 5.58. The Morgan fingerprint density at radius 3 is 2.46 bits per heavy atom. The number of benzene rings is 1. The van der Waals surface area contributed by atoms with Crippen molar-refractivity contribution in [3.63, 3.8) is 0 Å². The van der Waals surface area contributed by atoms with Crippen LogP contribution < -0.4 is 10.6 Å². The number of nitrogens with two attached hydrogens (primary N) is 1. The number of halogens is 1. The maximum atomic E-state index is 6.32. The molecule has 7 heteroatoms. The number of nitrogens with zero attached hydrogens (tertiary/aromatic N) is 4. The minimum absolute atomic E-state index is 0. The van der Waals surface area contributed by atoms with Gasteiger partial charge in [-0.25, -0.2) is 4.98 Å². The summed E-state index contributed by atoms with van der Waals surface area (Å²) in [7, 11) is 0. The van der Waals surface area contributed by atoms with Crippen molar-refractivity contribution in [1.82, 2.24) is 9.88 Å². The Kier molecular flexibility index (Phi) is 6.39. The fraction of sp³-hybridized carbons (Fsp3) is 0.474. The van der Waals surface area contributed by atoms with Gasteiger partial charge < -0.3 is 15.5 Å². The molecule has 0 radical (unpaired) electrons. The van der Waals surface area contributed by atoms with Gasteiger partial charge in [0, 0.05) is 43.2 Å². The van der Waals surface area contributed by atoms with Crippen molar-refractivity contribution in [3.8, 4) is 0 Å². The number of rotatable bonds is 4. The number of piperazine rings is 1. The summed E-state index contributed by atoms with van der Waals surface area (Å²) in [4.78, 5) is 13.7. The third-order valence-electron chi connectivity index (χ3n) is 5.53. The average Bonchev–Trinajstić information content (AvgIpc) is 3.16. The van der Waals surface area contributed by atoms with Crippen molar-refractivity contribution in [3.05, 3.63) is 47.5 Å². The molecule has 0 spiro atoms. The molecule has 2 N–H and O–H groups in total. The molecule has 26 heavy (non-hydrogen) atoms. The third-order valence-corrected chi connectivity index (χ3v) is 6.37. The van der Waals surface area contributed by atoms with Gasteiger partial charge in [0.15, 0.2) is 11.1 Å². The molecule has 0 atom stereocenters. The van der Waals surface area contributed by atoms with E-state index >= 15 is 0 Å². The van der Waals surface area contributed by atoms with E-state index in [0.29, 0.717) is 5.96 Å². The van der Waals surface area contributed by atoms with Gasteiger partial charge in [0.05, 0.1) is 6.54 Å². The zero-order valence-electron chi connectivity index (χ0n) is 14.9. The number of anilines is 1. The van der Waals surface area contributed by atoms with Crippen molar-refractivity contribution >= 4 is 46.4 Å². The SMILES string of the molecule is I.NC(=NCC1(c2ccccc2)CCC1)N1CCN(c2nccs2)CC1. The molecule has 4 rings (SSSR count). The smallest absolute Gasteiger partial charge is 0.191 e. The van der Waals surface area contributed by atoms with Gasteiger partial charge in [-0.15, -0.1) is 35.3 Å². The molecule has 2 aromatic rings. The molecule has 1 saturated carbocycles. The molecule has 1 aromatic heterocycles. The minimum atomic E-state index is 0. The second kappa shape index (κ2) is 8.56. The predicted octanol–water partition coefficient (Wildman–Crippen LogP) is 3.32. The Hall–Kier alpha value is -1.35. The van der Waals surface area contributed by atoms with Crippen LogP contribution in [0.1, 0.15) is 24.8 Å². The van der Waals surface area contributed by atoms with Crippen LogP contribution >= 0.6 is 35.3 Å². The average molecular weight is 483 g/mol. The first-order valence-corrected chi connectivity index (χ1v) is 9.90. The zero-order valence-corrected chi connectivity index (χ0v) is 18.0. The molecule has 0 unspecified atom stereocenters. The number of hydrogen-bond donors (Lipinski definition) is 1. The van der Waals surface area contributed by atoms with Gasteiger partial charge in [-0.3, -0.25) is 4.99 Å². The van der Waals surface area contributed by atoms with E-state index in [-0.39, 0.29) is 29.4 Å². The number of thiazole rings is 1. The van der Waals surface area contributed by atoms with Crippen LogP contribution in [0, 0.1) is 0 Å². The van der Waals surface area contributed by atoms with Crippen molar-refractivity contribution < 1.29 is 0 Å². The summed E-state index contributed by atoms with van der Waals surface area (Å²) in [5.74, 6) is 0.695. The number of aliphatic imine (C=N–C) groups is 1. The van der Waals surface area contributed by atoms with E-state index in [1.54, 1.807) is 11.3 Å². The number of aromatic nitrogens is 1.